The predicted molar refractivity (Wildman–Crippen MR) is 87.1 cm³/mol. The summed E-state index contributed by atoms with van der Waals surface area (Å²) in [5.41, 5.74) is 2.81. The number of hydrogen-bond donors (Lipinski definition) is 1. The Morgan fingerprint density at radius 3 is 2.47 bits per heavy atom. The van der Waals surface area contributed by atoms with E-state index >= 15 is 0 Å². The minimum Gasteiger partial charge on any atom is -0.313 e. The van der Waals surface area contributed by atoms with Crippen molar-refractivity contribution in [2.24, 2.45) is 0 Å². The van der Waals surface area contributed by atoms with Crippen molar-refractivity contribution >= 4 is 11.8 Å². The van der Waals surface area contributed by atoms with Crippen molar-refractivity contribution in [2.45, 2.75) is 39.1 Å². The summed E-state index contributed by atoms with van der Waals surface area (Å²) in [4.78, 5) is 3.87. The van der Waals surface area contributed by atoms with Crippen LogP contribution < -0.4 is 5.32 Å². The van der Waals surface area contributed by atoms with Crippen LogP contribution >= 0.6 is 11.8 Å². The van der Waals surface area contributed by atoms with Gasteiger partial charge in [0.15, 0.2) is 0 Å². The highest BCUT2D eigenvalue weighted by Gasteiger charge is 2.02. The lowest BCUT2D eigenvalue weighted by atomic mass is 10.1. The zero-order valence-corrected chi connectivity index (χ0v) is 13.6. The molecule has 0 fully saturated rings. The topological polar surface area (TPSA) is 15.3 Å². The molecule has 0 spiro atoms. The molecule has 0 bridgehead atoms. The Kier molecular flexibility index (Phi) is 8.19. The molecule has 1 aromatic rings. The van der Waals surface area contributed by atoms with E-state index in [4.69, 9.17) is 0 Å². The zero-order valence-electron chi connectivity index (χ0n) is 12.8. The molecule has 108 valence electrons. The molecule has 0 atom stereocenters. The summed E-state index contributed by atoms with van der Waals surface area (Å²) in [5.74, 6) is 1.17. The third-order valence-electron chi connectivity index (χ3n) is 3.45. The Balaban J connectivity index is 2.44. The summed E-state index contributed by atoms with van der Waals surface area (Å²) in [6.45, 7) is 14.3. The second-order valence-electron chi connectivity index (χ2n) is 4.74. The van der Waals surface area contributed by atoms with E-state index in [2.05, 4.69) is 56.1 Å². The van der Waals surface area contributed by atoms with Gasteiger partial charge in [-0.3, -0.25) is 0 Å². The van der Waals surface area contributed by atoms with Crippen LogP contribution in [0.5, 0.6) is 0 Å². The largest absolute Gasteiger partial charge is 0.313 e. The average Bonchev–Trinajstić information content (AvgIpc) is 2.43. The number of thioether (sulfide) groups is 1. The van der Waals surface area contributed by atoms with E-state index in [0.717, 1.165) is 26.2 Å². The van der Waals surface area contributed by atoms with Gasteiger partial charge in [0.05, 0.1) is 0 Å². The second-order valence-corrected chi connectivity index (χ2v) is 5.91. The maximum Gasteiger partial charge on any atom is 0.0208 e. The lowest BCUT2D eigenvalue weighted by Crippen LogP contribution is -2.25. The maximum absolute atomic E-state index is 3.38. The summed E-state index contributed by atoms with van der Waals surface area (Å²) >= 11 is 1.96. The van der Waals surface area contributed by atoms with Gasteiger partial charge in [0.1, 0.15) is 0 Å². The minimum atomic E-state index is 0.979. The molecule has 0 radical (unpaired) electrons. The summed E-state index contributed by atoms with van der Waals surface area (Å²) in [5, 5.41) is 3.38. The van der Waals surface area contributed by atoms with Gasteiger partial charge in [0, 0.05) is 23.7 Å². The Morgan fingerprint density at radius 1 is 1.16 bits per heavy atom. The quantitative estimate of drug-likeness (QED) is 0.697. The Labute approximate surface area is 123 Å². The van der Waals surface area contributed by atoms with E-state index in [1.807, 2.05) is 11.8 Å². The lowest BCUT2D eigenvalue weighted by molar-refractivity contribution is 0.324. The van der Waals surface area contributed by atoms with Crippen molar-refractivity contribution in [1.82, 2.24) is 10.2 Å². The van der Waals surface area contributed by atoms with Crippen LogP contribution in [0.2, 0.25) is 0 Å². The third-order valence-corrected chi connectivity index (χ3v) is 4.42. The summed E-state index contributed by atoms with van der Waals surface area (Å²) in [7, 11) is 0. The molecule has 2 nitrogen and oxygen atoms in total. The molecule has 0 aliphatic heterocycles. The molecule has 0 aliphatic carbocycles. The highest BCUT2D eigenvalue weighted by Crippen LogP contribution is 2.21. The fraction of sp³-hybridized carbons (Fsp3) is 0.625. The van der Waals surface area contributed by atoms with Gasteiger partial charge in [-0.25, -0.2) is 0 Å². The zero-order chi connectivity index (χ0) is 14.1. The van der Waals surface area contributed by atoms with E-state index in [-0.39, 0.29) is 0 Å². The first kappa shape index (κ1) is 16.5. The van der Waals surface area contributed by atoms with Crippen LogP contribution in [-0.4, -0.2) is 36.8 Å². The van der Waals surface area contributed by atoms with Crippen LogP contribution in [0.3, 0.4) is 0 Å². The fourth-order valence-corrected chi connectivity index (χ4v) is 3.06. The van der Waals surface area contributed by atoms with Gasteiger partial charge < -0.3 is 10.2 Å². The Hall–Kier alpha value is -0.510. The molecular formula is C16H28N2S. The molecule has 0 heterocycles. The van der Waals surface area contributed by atoms with Crippen molar-refractivity contribution in [1.29, 1.82) is 0 Å². The first-order chi connectivity index (χ1) is 9.21. The predicted octanol–water partition coefficient (Wildman–Crippen LogP) is 3.54. The highest BCUT2D eigenvalue weighted by molar-refractivity contribution is 7.99. The van der Waals surface area contributed by atoms with Gasteiger partial charge in [-0.1, -0.05) is 26.8 Å². The lowest BCUT2D eigenvalue weighted by Gasteiger charge is -2.17. The number of rotatable bonds is 9. The van der Waals surface area contributed by atoms with Gasteiger partial charge in [0.25, 0.3) is 0 Å². The first-order valence-electron chi connectivity index (χ1n) is 7.36. The van der Waals surface area contributed by atoms with Gasteiger partial charge >= 0.3 is 0 Å². The molecule has 0 aromatic heterocycles. The number of nitrogens with one attached hydrogen (secondary N) is 1. The molecule has 1 rings (SSSR count). The summed E-state index contributed by atoms with van der Waals surface area (Å²) in [6.07, 6.45) is 0. The average molecular weight is 280 g/mol. The van der Waals surface area contributed by atoms with Crippen LogP contribution in [0.25, 0.3) is 0 Å². The Morgan fingerprint density at radius 2 is 1.89 bits per heavy atom. The van der Waals surface area contributed by atoms with Crippen molar-refractivity contribution in [3.8, 4) is 0 Å². The van der Waals surface area contributed by atoms with E-state index in [9.17, 15) is 0 Å². The van der Waals surface area contributed by atoms with E-state index in [0.29, 0.717) is 0 Å². The van der Waals surface area contributed by atoms with Crippen LogP contribution in [-0.2, 0) is 6.54 Å². The highest BCUT2D eigenvalue weighted by atomic mass is 32.2. The smallest absolute Gasteiger partial charge is 0.0208 e. The molecule has 0 saturated carbocycles. The SMILES string of the molecule is CCNCc1ccc(SCCN(CC)CC)cc1C. The maximum atomic E-state index is 3.38. The van der Waals surface area contributed by atoms with E-state index in [1.165, 1.54) is 28.3 Å². The third kappa shape index (κ3) is 5.98. The number of hydrogen-bond acceptors (Lipinski definition) is 3. The van der Waals surface area contributed by atoms with Gasteiger partial charge in [-0.05, 0) is 49.8 Å². The first-order valence-corrected chi connectivity index (χ1v) is 8.35. The van der Waals surface area contributed by atoms with Gasteiger partial charge in [-0.15, -0.1) is 11.8 Å². The van der Waals surface area contributed by atoms with Crippen LogP contribution in [0, 0.1) is 6.92 Å². The molecule has 0 aliphatic rings. The van der Waals surface area contributed by atoms with Crippen molar-refractivity contribution < 1.29 is 0 Å². The fourth-order valence-electron chi connectivity index (χ4n) is 2.05. The van der Waals surface area contributed by atoms with Crippen LogP contribution in [0.15, 0.2) is 23.1 Å². The van der Waals surface area contributed by atoms with Gasteiger partial charge in [0.2, 0.25) is 0 Å². The molecule has 0 unspecified atom stereocenters. The Bertz CT molecular complexity index is 362. The monoisotopic (exact) mass is 280 g/mol. The molecule has 19 heavy (non-hydrogen) atoms. The molecule has 0 saturated heterocycles. The summed E-state index contributed by atoms with van der Waals surface area (Å²) < 4.78 is 0. The number of benzene rings is 1. The molecule has 3 heteroatoms. The van der Waals surface area contributed by atoms with Crippen LogP contribution in [0.1, 0.15) is 31.9 Å². The standard InChI is InChI=1S/C16H28N2S/c1-5-17-13-15-8-9-16(12-14(15)4)19-11-10-18(6-2)7-3/h8-9,12,17H,5-7,10-11,13H2,1-4H3. The van der Waals surface area contributed by atoms with Gasteiger partial charge in [-0.2, -0.15) is 0 Å². The normalized spacial score (nSPS) is 11.2. The minimum absolute atomic E-state index is 0.979. The molecular weight excluding hydrogens is 252 g/mol. The van der Waals surface area contributed by atoms with Crippen molar-refractivity contribution in [3.63, 3.8) is 0 Å². The molecule has 1 N–H and O–H groups in total. The van der Waals surface area contributed by atoms with Crippen molar-refractivity contribution in [3.05, 3.63) is 29.3 Å². The van der Waals surface area contributed by atoms with Crippen molar-refractivity contribution in [2.75, 3.05) is 31.9 Å². The summed E-state index contributed by atoms with van der Waals surface area (Å²) in [6, 6.07) is 6.84. The molecule has 1 aromatic carbocycles. The second kappa shape index (κ2) is 9.40. The molecule has 0 amide bonds. The van der Waals surface area contributed by atoms with E-state index < -0.39 is 0 Å². The van der Waals surface area contributed by atoms with Crippen LogP contribution in [0.4, 0.5) is 0 Å². The van der Waals surface area contributed by atoms with E-state index in [1.54, 1.807) is 0 Å². The number of aryl methyl sites for hydroxylation is 1. The number of nitrogens with zero attached hydrogens (tertiary/aromatic N) is 1.